The van der Waals surface area contributed by atoms with Crippen LogP contribution in [0.1, 0.15) is 19.2 Å². The van der Waals surface area contributed by atoms with Crippen molar-refractivity contribution in [3.63, 3.8) is 0 Å². The Morgan fingerprint density at radius 2 is 2.12 bits per heavy atom. The van der Waals surface area contributed by atoms with Crippen LogP contribution in [-0.2, 0) is 21.4 Å². The number of imidazole rings is 1. The van der Waals surface area contributed by atoms with Crippen LogP contribution >= 0.6 is 0 Å². The van der Waals surface area contributed by atoms with Gasteiger partial charge in [0.25, 0.3) is 0 Å². The summed E-state index contributed by atoms with van der Waals surface area (Å²) >= 11 is 0. The van der Waals surface area contributed by atoms with Gasteiger partial charge in [0.1, 0.15) is 5.82 Å². The lowest BCUT2D eigenvalue weighted by molar-refractivity contribution is -0.148. The maximum absolute atomic E-state index is 12.1. The third-order valence-corrected chi connectivity index (χ3v) is 7.42. The van der Waals surface area contributed by atoms with Crippen LogP contribution in [0.4, 0.5) is 0 Å². The van der Waals surface area contributed by atoms with Crippen molar-refractivity contribution in [3.05, 3.63) is 18.2 Å². The summed E-state index contributed by atoms with van der Waals surface area (Å²) in [4.78, 5) is 18.3. The molecule has 0 saturated carbocycles. The fourth-order valence-electron chi connectivity index (χ4n) is 4.10. The first-order valence-corrected chi connectivity index (χ1v) is 10.3. The minimum absolute atomic E-state index is 0.0173. The molecule has 2 saturated heterocycles. The topological polar surface area (TPSA) is 95.7 Å². The van der Waals surface area contributed by atoms with E-state index in [0.717, 1.165) is 25.3 Å². The molecule has 3 rings (SSSR count). The zero-order chi connectivity index (χ0) is 18.2. The average Bonchev–Trinajstić information content (AvgIpc) is 3.20. The Hall–Kier alpha value is -1.45. The molecule has 1 aromatic heterocycles. The van der Waals surface area contributed by atoms with Crippen molar-refractivity contribution in [1.82, 2.24) is 18.8 Å². The summed E-state index contributed by atoms with van der Waals surface area (Å²) in [7, 11) is -3.34. The molecule has 3 heterocycles. The smallest absolute Gasteiger partial charge is 0.312 e. The summed E-state index contributed by atoms with van der Waals surface area (Å²) in [5.74, 6) is -0.0232. The van der Waals surface area contributed by atoms with E-state index in [4.69, 9.17) is 0 Å². The molecular formula is C16H26N4O4S. The van der Waals surface area contributed by atoms with Crippen LogP contribution in [0.2, 0.25) is 0 Å². The number of fused-ring (bicyclic) bond motifs is 1. The van der Waals surface area contributed by atoms with Crippen LogP contribution in [0.5, 0.6) is 0 Å². The van der Waals surface area contributed by atoms with Crippen LogP contribution in [0.3, 0.4) is 0 Å². The minimum atomic E-state index is -3.34. The highest BCUT2D eigenvalue weighted by Gasteiger charge is 2.59. The molecule has 1 aromatic rings. The van der Waals surface area contributed by atoms with E-state index in [1.807, 2.05) is 13.1 Å². The monoisotopic (exact) mass is 370 g/mol. The van der Waals surface area contributed by atoms with Crippen LogP contribution in [0.25, 0.3) is 0 Å². The summed E-state index contributed by atoms with van der Waals surface area (Å²) in [6.07, 6.45) is 4.63. The molecule has 2 atom stereocenters. The number of nitrogens with zero attached hydrogens (tertiary/aromatic N) is 4. The van der Waals surface area contributed by atoms with Gasteiger partial charge in [0.2, 0.25) is 10.0 Å². The molecule has 0 bridgehead atoms. The fraction of sp³-hybridized carbons (Fsp3) is 0.750. The summed E-state index contributed by atoms with van der Waals surface area (Å²) in [5, 5.41) is 9.80. The maximum atomic E-state index is 12.1. The van der Waals surface area contributed by atoms with Gasteiger partial charge in [-0.1, -0.05) is 0 Å². The number of rotatable bonds is 7. The zero-order valence-corrected chi connectivity index (χ0v) is 15.6. The average molecular weight is 370 g/mol. The number of aryl methyl sites for hydroxylation is 2. The number of carboxylic acid groups (broad SMARTS) is 1. The Balaban J connectivity index is 1.62. The van der Waals surface area contributed by atoms with Gasteiger partial charge >= 0.3 is 5.97 Å². The number of aromatic nitrogens is 2. The van der Waals surface area contributed by atoms with Gasteiger partial charge in [-0.15, -0.1) is 0 Å². The number of hydrogen-bond acceptors (Lipinski definition) is 5. The van der Waals surface area contributed by atoms with Gasteiger partial charge in [-0.25, -0.2) is 17.7 Å². The predicted molar refractivity (Wildman–Crippen MR) is 92.6 cm³/mol. The molecule has 0 radical (unpaired) electrons. The largest absolute Gasteiger partial charge is 0.481 e. The number of hydrogen-bond donors (Lipinski definition) is 1. The van der Waals surface area contributed by atoms with Gasteiger partial charge in [0, 0.05) is 51.0 Å². The van der Waals surface area contributed by atoms with Crippen LogP contribution in [-0.4, -0.2) is 76.7 Å². The Morgan fingerprint density at radius 1 is 1.36 bits per heavy atom. The Labute approximate surface area is 148 Å². The van der Waals surface area contributed by atoms with Gasteiger partial charge in [0.15, 0.2) is 0 Å². The third-order valence-electron chi connectivity index (χ3n) is 5.63. The minimum Gasteiger partial charge on any atom is -0.481 e. The molecule has 2 aliphatic heterocycles. The number of carbonyl (C=O) groups is 1. The molecule has 0 aromatic carbocycles. The van der Waals surface area contributed by atoms with Crippen molar-refractivity contribution in [2.24, 2.45) is 11.3 Å². The SMILES string of the molecule is CCS(=O)(=O)N1C[C@@H]2CN(CCCn3ccnc3C)C[C@]2(C(=O)O)C1. The lowest BCUT2D eigenvalue weighted by Crippen LogP contribution is -2.42. The molecule has 9 heteroatoms. The fourth-order valence-corrected chi connectivity index (χ4v) is 5.29. The molecule has 2 fully saturated rings. The van der Waals surface area contributed by atoms with Gasteiger partial charge in [-0.05, 0) is 26.8 Å². The molecule has 0 aliphatic carbocycles. The Kier molecular flexibility index (Phi) is 4.91. The van der Waals surface area contributed by atoms with E-state index in [2.05, 4.69) is 14.5 Å². The highest BCUT2D eigenvalue weighted by atomic mass is 32.2. The second kappa shape index (κ2) is 6.69. The van der Waals surface area contributed by atoms with Crippen LogP contribution in [0, 0.1) is 18.3 Å². The van der Waals surface area contributed by atoms with E-state index in [-0.39, 0.29) is 18.2 Å². The lowest BCUT2D eigenvalue weighted by Gasteiger charge is -2.25. The Morgan fingerprint density at radius 3 is 2.68 bits per heavy atom. The summed E-state index contributed by atoms with van der Waals surface area (Å²) in [5.41, 5.74) is -0.965. The highest BCUT2D eigenvalue weighted by molar-refractivity contribution is 7.89. The first kappa shape index (κ1) is 18.3. The van der Waals surface area contributed by atoms with Crippen molar-refractivity contribution in [2.75, 3.05) is 38.5 Å². The molecule has 0 unspecified atom stereocenters. The summed E-state index contributed by atoms with van der Waals surface area (Å²) < 4.78 is 27.7. The molecule has 140 valence electrons. The third kappa shape index (κ3) is 3.32. The van der Waals surface area contributed by atoms with E-state index in [0.29, 0.717) is 19.6 Å². The van der Waals surface area contributed by atoms with Crippen LogP contribution < -0.4 is 0 Å². The van der Waals surface area contributed by atoms with Gasteiger partial charge in [-0.2, -0.15) is 0 Å². The van der Waals surface area contributed by atoms with Crippen molar-refractivity contribution in [2.45, 2.75) is 26.8 Å². The molecule has 0 spiro atoms. The molecule has 0 amide bonds. The first-order chi connectivity index (χ1) is 11.8. The number of aliphatic carboxylic acids is 1. The predicted octanol–water partition coefficient (Wildman–Crippen LogP) is 0.250. The number of sulfonamides is 1. The standard InChI is InChI=1S/C16H26N4O4S/c1-3-25(23,24)20-10-14-9-18(11-16(14,12-20)15(21)22)6-4-7-19-8-5-17-13(19)2/h5,8,14H,3-4,6-7,9-12H2,1-2H3,(H,21,22)/t14-,16-/m0/s1. The number of carboxylic acids is 1. The van der Waals surface area contributed by atoms with Gasteiger partial charge in [-0.3, -0.25) is 4.79 Å². The van der Waals surface area contributed by atoms with E-state index in [9.17, 15) is 18.3 Å². The number of likely N-dealkylation sites (tertiary alicyclic amines) is 1. The van der Waals surface area contributed by atoms with Crippen LogP contribution in [0.15, 0.2) is 12.4 Å². The second-order valence-electron chi connectivity index (χ2n) is 7.11. The zero-order valence-electron chi connectivity index (χ0n) is 14.8. The van der Waals surface area contributed by atoms with E-state index < -0.39 is 21.4 Å². The lowest BCUT2D eigenvalue weighted by atomic mass is 9.81. The highest BCUT2D eigenvalue weighted by Crippen LogP contribution is 2.43. The van der Waals surface area contributed by atoms with Crippen molar-refractivity contribution in [3.8, 4) is 0 Å². The summed E-state index contributed by atoms with van der Waals surface area (Å²) in [6, 6.07) is 0. The van der Waals surface area contributed by atoms with Gasteiger partial charge < -0.3 is 14.6 Å². The Bertz CT molecular complexity index is 747. The normalized spacial score (nSPS) is 27.7. The first-order valence-electron chi connectivity index (χ1n) is 8.70. The van der Waals surface area contributed by atoms with E-state index in [1.165, 1.54) is 4.31 Å². The molecule has 8 nitrogen and oxygen atoms in total. The second-order valence-corrected chi connectivity index (χ2v) is 9.37. The molecule has 25 heavy (non-hydrogen) atoms. The summed E-state index contributed by atoms with van der Waals surface area (Å²) in [6.45, 7) is 6.70. The van der Waals surface area contributed by atoms with Crippen molar-refractivity contribution < 1.29 is 18.3 Å². The molecule has 2 aliphatic rings. The van der Waals surface area contributed by atoms with E-state index in [1.54, 1.807) is 13.1 Å². The van der Waals surface area contributed by atoms with Crippen molar-refractivity contribution >= 4 is 16.0 Å². The van der Waals surface area contributed by atoms with Crippen molar-refractivity contribution in [1.29, 1.82) is 0 Å². The van der Waals surface area contributed by atoms with E-state index >= 15 is 0 Å². The van der Waals surface area contributed by atoms with Gasteiger partial charge in [0.05, 0.1) is 11.2 Å². The maximum Gasteiger partial charge on any atom is 0.312 e. The molecule has 1 N–H and O–H groups in total. The molecular weight excluding hydrogens is 344 g/mol. The quantitative estimate of drug-likeness (QED) is 0.739.